The topological polar surface area (TPSA) is 38.7 Å². The van der Waals surface area contributed by atoms with Gasteiger partial charge in [0.1, 0.15) is 5.75 Å². The highest BCUT2D eigenvalue weighted by Crippen LogP contribution is 2.62. The molecular formula is C17H21NO2. The molecular weight excluding hydrogens is 250 g/mol. The average Bonchev–Trinajstić information content (AvgIpc) is 2.74. The van der Waals surface area contributed by atoms with Crippen LogP contribution in [0.2, 0.25) is 0 Å². The van der Waals surface area contributed by atoms with Crippen molar-refractivity contribution in [3.8, 4) is 5.75 Å². The highest BCUT2D eigenvalue weighted by molar-refractivity contribution is 6.46. The maximum atomic E-state index is 12.7. The average molecular weight is 271 g/mol. The molecule has 0 heterocycles. The third-order valence-corrected chi connectivity index (χ3v) is 5.61. The van der Waals surface area contributed by atoms with Gasteiger partial charge in [-0.1, -0.05) is 20.8 Å². The lowest BCUT2D eigenvalue weighted by atomic mass is 9.70. The van der Waals surface area contributed by atoms with Crippen LogP contribution in [0.15, 0.2) is 29.3 Å². The number of ketones is 1. The molecule has 1 aromatic rings. The number of carbonyl (C=O) groups excluding carboxylic acids is 1. The van der Waals surface area contributed by atoms with Crippen molar-refractivity contribution in [1.29, 1.82) is 0 Å². The zero-order valence-corrected chi connectivity index (χ0v) is 12.6. The number of aliphatic imine (C=N–C) groups is 1. The van der Waals surface area contributed by atoms with Crippen LogP contribution in [0.4, 0.5) is 5.69 Å². The molecule has 0 aromatic heterocycles. The van der Waals surface area contributed by atoms with E-state index in [9.17, 15) is 4.79 Å². The first kappa shape index (κ1) is 13.3. The molecule has 0 aliphatic heterocycles. The summed E-state index contributed by atoms with van der Waals surface area (Å²) in [5.74, 6) is 1.34. The van der Waals surface area contributed by atoms with Gasteiger partial charge in [0.25, 0.3) is 0 Å². The molecule has 0 amide bonds. The van der Waals surface area contributed by atoms with Gasteiger partial charge in [0.05, 0.1) is 18.5 Å². The van der Waals surface area contributed by atoms with Gasteiger partial charge in [-0.15, -0.1) is 0 Å². The molecule has 2 atom stereocenters. The summed E-state index contributed by atoms with van der Waals surface area (Å²) in [5, 5.41) is 0. The Morgan fingerprint density at radius 3 is 2.35 bits per heavy atom. The summed E-state index contributed by atoms with van der Waals surface area (Å²) in [4.78, 5) is 17.3. The van der Waals surface area contributed by atoms with E-state index in [0.29, 0.717) is 5.92 Å². The highest BCUT2D eigenvalue weighted by Gasteiger charge is 2.64. The Bertz CT molecular complexity index is 586. The molecule has 2 bridgehead atoms. The SMILES string of the molecule is COc1ccc(N=C2C(=O)[C@]3(C)CC[C@H]2C3(C)C)cc1. The van der Waals surface area contributed by atoms with Gasteiger partial charge in [-0.2, -0.15) is 0 Å². The fraction of sp³-hybridized carbons (Fsp3) is 0.529. The number of fused-ring (bicyclic) bond motifs is 2. The summed E-state index contributed by atoms with van der Waals surface area (Å²) in [6, 6.07) is 7.56. The molecule has 20 heavy (non-hydrogen) atoms. The zero-order chi connectivity index (χ0) is 14.5. The van der Waals surface area contributed by atoms with Crippen LogP contribution in [-0.2, 0) is 4.79 Å². The Kier molecular flexibility index (Phi) is 2.79. The van der Waals surface area contributed by atoms with E-state index in [2.05, 4.69) is 25.8 Å². The van der Waals surface area contributed by atoms with Gasteiger partial charge < -0.3 is 4.74 Å². The second-order valence-corrected chi connectivity index (χ2v) is 6.67. The Morgan fingerprint density at radius 1 is 1.20 bits per heavy atom. The molecule has 0 N–H and O–H groups in total. The molecule has 106 valence electrons. The van der Waals surface area contributed by atoms with Crippen LogP contribution in [0.5, 0.6) is 5.75 Å². The van der Waals surface area contributed by atoms with Crippen molar-refractivity contribution in [3.05, 3.63) is 24.3 Å². The summed E-state index contributed by atoms with van der Waals surface area (Å²) in [6.45, 7) is 6.52. The molecule has 3 nitrogen and oxygen atoms in total. The fourth-order valence-electron chi connectivity index (χ4n) is 3.75. The predicted octanol–water partition coefficient (Wildman–Crippen LogP) is 3.79. The number of methoxy groups -OCH3 is 1. The van der Waals surface area contributed by atoms with Gasteiger partial charge in [0, 0.05) is 11.3 Å². The van der Waals surface area contributed by atoms with Gasteiger partial charge in [0.2, 0.25) is 0 Å². The number of rotatable bonds is 2. The van der Waals surface area contributed by atoms with E-state index >= 15 is 0 Å². The molecule has 2 aliphatic carbocycles. The van der Waals surface area contributed by atoms with E-state index in [1.54, 1.807) is 7.11 Å². The molecule has 0 spiro atoms. The van der Waals surface area contributed by atoms with Crippen molar-refractivity contribution in [3.63, 3.8) is 0 Å². The maximum Gasteiger partial charge on any atom is 0.183 e. The van der Waals surface area contributed by atoms with Crippen molar-refractivity contribution in [2.24, 2.45) is 21.7 Å². The first-order chi connectivity index (χ1) is 9.40. The second kappa shape index (κ2) is 4.18. The van der Waals surface area contributed by atoms with Crippen molar-refractivity contribution in [2.75, 3.05) is 7.11 Å². The largest absolute Gasteiger partial charge is 0.497 e. The number of Topliss-reactive ketones (excluding diaryl/α,β-unsaturated/α-hetero) is 1. The first-order valence-corrected chi connectivity index (χ1v) is 7.17. The van der Waals surface area contributed by atoms with Crippen LogP contribution in [0.1, 0.15) is 33.6 Å². The van der Waals surface area contributed by atoms with Crippen molar-refractivity contribution in [1.82, 2.24) is 0 Å². The molecule has 1 aromatic carbocycles. The van der Waals surface area contributed by atoms with Gasteiger partial charge in [-0.05, 0) is 42.5 Å². The molecule has 3 rings (SSSR count). The fourth-order valence-corrected chi connectivity index (χ4v) is 3.75. The predicted molar refractivity (Wildman–Crippen MR) is 79.7 cm³/mol. The monoisotopic (exact) mass is 271 g/mol. The van der Waals surface area contributed by atoms with Gasteiger partial charge in [-0.25, -0.2) is 4.99 Å². The first-order valence-electron chi connectivity index (χ1n) is 7.17. The Morgan fingerprint density at radius 2 is 1.85 bits per heavy atom. The van der Waals surface area contributed by atoms with E-state index < -0.39 is 0 Å². The third kappa shape index (κ3) is 1.58. The number of carbonyl (C=O) groups is 1. The minimum Gasteiger partial charge on any atom is -0.497 e. The molecule has 2 saturated carbocycles. The Hall–Kier alpha value is -1.64. The minimum atomic E-state index is -0.233. The number of hydrogen-bond donors (Lipinski definition) is 0. The molecule has 2 fully saturated rings. The Balaban J connectivity index is 1.99. The maximum absolute atomic E-state index is 12.7. The van der Waals surface area contributed by atoms with E-state index in [1.807, 2.05) is 24.3 Å². The third-order valence-electron chi connectivity index (χ3n) is 5.61. The number of hydrogen-bond acceptors (Lipinski definition) is 3. The second-order valence-electron chi connectivity index (χ2n) is 6.67. The van der Waals surface area contributed by atoms with E-state index in [-0.39, 0.29) is 16.6 Å². The van der Waals surface area contributed by atoms with Gasteiger partial charge >= 0.3 is 0 Å². The lowest BCUT2D eigenvalue weighted by Gasteiger charge is -2.31. The van der Waals surface area contributed by atoms with Crippen molar-refractivity contribution < 1.29 is 9.53 Å². The molecule has 3 heteroatoms. The zero-order valence-electron chi connectivity index (χ0n) is 12.6. The summed E-state index contributed by atoms with van der Waals surface area (Å²) in [5.41, 5.74) is 1.40. The normalized spacial score (nSPS) is 32.9. The summed E-state index contributed by atoms with van der Waals surface area (Å²) in [6.07, 6.45) is 2.06. The van der Waals surface area contributed by atoms with E-state index in [1.165, 1.54) is 0 Å². The molecule has 0 radical (unpaired) electrons. The lowest BCUT2D eigenvalue weighted by molar-refractivity contribution is -0.123. The van der Waals surface area contributed by atoms with Crippen LogP contribution in [0, 0.1) is 16.7 Å². The van der Waals surface area contributed by atoms with Gasteiger partial charge in [0.15, 0.2) is 5.78 Å². The van der Waals surface area contributed by atoms with Crippen LogP contribution in [0.3, 0.4) is 0 Å². The van der Waals surface area contributed by atoms with Crippen molar-refractivity contribution in [2.45, 2.75) is 33.6 Å². The van der Waals surface area contributed by atoms with E-state index in [4.69, 9.17) is 4.74 Å². The van der Waals surface area contributed by atoms with Crippen molar-refractivity contribution >= 4 is 17.2 Å². The lowest BCUT2D eigenvalue weighted by Crippen LogP contribution is -2.33. The van der Waals surface area contributed by atoms with Crippen LogP contribution in [-0.4, -0.2) is 18.6 Å². The molecule has 0 saturated heterocycles. The molecule has 2 aliphatic rings. The van der Waals surface area contributed by atoms with E-state index in [0.717, 1.165) is 30.0 Å². The quantitative estimate of drug-likeness (QED) is 0.820. The Labute approximate surface area is 120 Å². The minimum absolute atomic E-state index is 0.0232. The summed E-state index contributed by atoms with van der Waals surface area (Å²) >= 11 is 0. The molecule has 0 unspecified atom stereocenters. The number of benzene rings is 1. The number of nitrogens with zero attached hydrogens (tertiary/aromatic N) is 1. The highest BCUT2D eigenvalue weighted by atomic mass is 16.5. The van der Waals surface area contributed by atoms with Crippen LogP contribution in [0.25, 0.3) is 0 Å². The number of ether oxygens (including phenoxy) is 1. The standard InChI is InChI=1S/C17H21NO2/c1-16(2)13-9-10-17(16,3)15(19)14(13)18-11-5-7-12(20-4)8-6-11/h5-8,13H,9-10H2,1-4H3/t13-,17+/m1/s1. The summed E-state index contributed by atoms with van der Waals surface area (Å²) < 4.78 is 5.14. The summed E-state index contributed by atoms with van der Waals surface area (Å²) in [7, 11) is 1.64. The van der Waals surface area contributed by atoms with Gasteiger partial charge in [-0.3, -0.25) is 4.79 Å². The van der Waals surface area contributed by atoms with Crippen LogP contribution < -0.4 is 4.74 Å². The smallest absolute Gasteiger partial charge is 0.183 e. The van der Waals surface area contributed by atoms with Crippen LogP contribution >= 0.6 is 0 Å².